The molecule has 0 aromatic carbocycles. The van der Waals surface area contributed by atoms with Crippen molar-refractivity contribution in [2.45, 2.75) is 162 Å². The van der Waals surface area contributed by atoms with Crippen LogP contribution in [0.4, 0.5) is 0 Å². The first kappa shape index (κ1) is 32.4. The summed E-state index contributed by atoms with van der Waals surface area (Å²) >= 11 is 0. The average molecular weight is 468 g/mol. The van der Waals surface area contributed by atoms with Crippen LogP contribution >= 0.6 is 0 Å². The number of esters is 1. The zero-order valence-corrected chi connectivity index (χ0v) is 23.1. The maximum absolute atomic E-state index is 12.2. The van der Waals surface area contributed by atoms with Crippen molar-refractivity contribution in [1.29, 1.82) is 0 Å². The summed E-state index contributed by atoms with van der Waals surface area (Å²) in [6.45, 7) is 9.77. The Hall–Kier alpha value is -0.570. The van der Waals surface area contributed by atoms with Crippen molar-refractivity contribution in [3.8, 4) is 0 Å². The molecule has 0 aromatic heterocycles. The third kappa shape index (κ3) is 25.9. The summed E-state index contributed by atoms with van der Waals surface area (Å²) < 4.78 is 5.71. The third-order valence-electron chi connectivity index (χ3n) is 6.85. The van der Waals surface area contributed by atoms with E-state index in [-0.39, 0.29) is 5.97 Å². The number of rotatable bonds is 27. The van der Waals surface area contributed by atoms with E-state index in [0.29, 0.717) is 18.9 Å². The molecule has 0 fully saturated rings. The highest BCUT2D eigenvalue weighted by atomic mass is 16.5. The second-order valence-electron chi connectivity index (χ2n) is 10.3. The van der Waals surface area contributed by atoms with Gasteiger partial charge in [0.15, 0.2) is 0 Å². The van der Waals surface area contributed by atoms with Crippen LogP contribution in [0.1, 0.15) is 162 Å². The number of hydrogen-bond donors (Lipinski definition) is 1. The molecular formula is C30H61NO2. The summed E-state index contributed by atoms with van der Waals surface area (Å²) in [6.07, 6.45) is 27.6. The molecule has 3 heteroatoms. The summed E-state index contributed by atoms with van der Waals surface area (Å²) in [5.41, 5.74) is 0. The maximum Gasteiger partial charge on any atom is 0.305 e. The predicted molar refractivity (Wildman–Crippen MR) is 146 cm³/mol. The van der Waals surface area contributed by atoms with Gasteiger partial charge in [-0.15, -0.1) is 0 Å². The van der Waals surface area contributed by atoms with Gasteiger partial charge in [0.05, 0.1) is 6.61 Å². The van der Waals surface area contributed by atoms with E-state index >= 15 is 0 Å². The van der Waals surface area contributed by atoms with Gasteiger partial charge in [-0.1, -0.05) is 124 Å². The summed E-state index contributed by atoms with van der Waals surface area (Å²) in [5, 5.41) is 3.55. The second-order valence-corrected chi connectivity index (χ2v) is 10.3. The molecule has 0 aliphatic carbocycles. The lowest BCUT2D eigenvalue weighted by Gasteiger charge is -2.17. The molecule has 0 saturated carbocycles. The smallest absolute Gasteiger partial charge is 0.305 e. The average Bonchev–Trinajstić information content (AvgIpc) is 2.82. The molecule has 33 heavy (non-hydrogen) atoms. The van der Waals surface area contributed by atoms with E-state index in [4.69, 9.17) is 4.74 Å². The van der Waals surface area contributed by atoms with Crippen molar-refractivity contribution in [2.24, 2.45) is 5.92 Å². The van der Waals surface area contributed by atoms with Crippen molar-refractivity contribution in [3.05, 3.63) is 0 Å². The fraction of sp³-hybridized carbons (Fsp3) is 0.967. The molecule has 1 N–H and O–H groups in total. The molecule has 0 spiro atoms. The van der Waals surface area contributed by atoms with E-state index in [2.05, 4.69) is 26.1 Å². The van der Waals surface area contributed by atoms with Gasteiger partial charge in [-0.25, -0.2) is 0 Å². The van der Waals surface area contributed by atoms with Crippen LogP contribution in [-0.2, 0) is 9.53 Å². The summed E-state index contributed by atoms with van der Waals surface area (Å²) in [4.78, 5) is 12.2. The maximum atomic E-state index is 12.2. The van der Waals surface area contributed by atoms with Crippen LogP contribution in [-0.4, -0.2) is 25.7 Å². The molecule has 3 nitrogen and oxygen atoms in total. The normalized spacial score (nSPS) is 12.2. The number of unbranched alkanes of at least 4 members (excludes halogenated alkanes) is 15. The van der Waals surface area contributed by atoms with E-state index < -0.39 is 0 Å². The predicted octanol–water partition coefficient (Wildman–Crippen LogP) is 9.38. The van der Waals surface area contributed by atoms with Crippen LogP contribution < -0.4 is 5.32 Å². The zero-order valence-electron chi connectivity index (χ0n) is 23.1. The summed E-state index contributed by atoms with van der Waals surface area (Å²) in [5.74, 6) is 0.608. The number of hydrogen-bond acceptors (Lipinski definition) is 3. The molecule has 0 aliphatic rings. The van der Waals surface area contributed by atoms with Gasteiger partial charge in [-0.3, -0.25) is 4.79 Å². The lowest BCUT2D eigenvalue weighted by molar-refractivity contribution is -0.145. The van der Waals surface area contributed by atoms with Crippen LogP contribution in [0.25, 0.3) is 0 Å². The largest absolute Gasteiger partial charge is 0.465 e. The Morgan fingerprint density at radius 2 is 1.00 bits per heavy atom. The lowest BCUT2D eigenvalue weighted by Crippen LogP contribution is -2.16. The summed E-state index contributed by atoms with van der Waals surface area (Å²) in [6, 6.07) is 0. The topological polar surface area (TPSA) is 38.3 Å². The van der Waals surface area contributed by atoms with Gasteiger partial charge >= 0.3 is 5.97 Å². The molecular weight excluding hydrogens is 406 g/mol. The first-order chi connectivity index (χ1) is 16.2. The van der Waals surface area contributed by atoms with E-state index in [1.165, 1.54) is 129 Å². The molecule has 198 valence electrons. The van der Waals surface area contributed by atoms with Gasteiger partial charge in [-0.05, 0) is 51.1 Å². The quantitative estimate of drug-likeness (QED) is 0.0965. The molecule has 1 unspecified atom stereocenters. The minimum atomic E-state index is 0.0326. The van der Waals surface area contributed by atoms with Crippen LogP contribution in [0.5, 0.6) is 0 Å². The molecule has 0 amide bonds. The molecule has 0 rings (SSSR count). The van der Waals surface area contributed by atoms with E-state index in [1.807, 2.05) is 0 Å². The van der Waals surface area contributed by atoms with Crippen molar-refractivity contribution in [1.82, 2.24) is 5.32 Å². The second kappa shape index (κ2) is 27.7. The number of carbonyl (C=O) groups excluding carboxylic acids is 1. The van der Waals surface area contributed by atoms with Crippen LogP contribution in [0.15, 0.2) is 0 Å². The van der Waals surface area contributed by atoms with Crippen molar-refractivity contribution in [2.75, 3.05) is 19.7 Å². The van der Waals surface area contributed by atoms with Gasteiger partial charge < -0.3 is 10.1 Å². The standard InChI is InChI=1S/C30H61NO2/c1-4-7-10-13-15-19-24-29(23-18-11-8-5-2)28-33-30(32)25-20-16-14-17-22-27-31-26-21-12-9-6-3/h29,31H,4-28H2,1-3H3. The SMILES string of the molecule is CCCCCCCCC(CCCCCC)COC(=O)CCCCCCCNCCCCCC. The Labute approximate surface area is 208 Å². The number of nitrogens with one attached hydrogen (secondary N) is 1. The monoisotopic (exact) mass is 467 g/mol. The Bertz CT molecular complexity index is 385. The first-order valence-corrected chi connectivity index (χ1v) is 15.1. The van der Waals surface area contributed by atoms with Crippen LogP contribution in [0.3, 0.4) is 0 Å². The van der Waals surface area contributed by atoms with Gasteiger partial charge in [0.25, 0.3) is 0 Å². The Morgan fingerprint density at radius 3 is 1.58 bits per heavy atom. The number of ether oxygens (including phenoxy) is 1. The van der Waals surface area contributed by atoms with Crippen molar-refractivity contribution in [3.63, 3.8) is 0 Å². The zero-order chi connectivity index (χ0) is 24.2. The molecule has 0 bridgehead atoms. The molecule has 0 heterocycles. The highest BCUT2D eigenvalue weighted by Gasteiger charge is 2.12. The minimum absolute atomic E-state index is 0.0326. The van der Waals surface area contributed by atoms with Gasteiger partial charge in [-0.2, -0.15) is 0 Å². The fourth-order valence-corrected chi connectivity index (χ4v) is 4.52. The molecule has 0 aliphatic heterocycles. The Kier molecular flexibility index (Phi) is 27.2. The fourth-order valence-electron chi connectivity index (χ4n) is 4.52. The highest BCUT2D eigenvalue weighted by Crippen LogP contribution is 2.20. The van der Waals surface area contributed by atoms with Crippen molar-refractivity contribution >= 4 is 5.97 Å². The Balaban J connectivity index is 3.74. The molecule has 1 atom stereocenters. The van der Waals surface area contributed by atoms with Gasteiger partial charge in [0, 0.05) is 6.42 Å². The third-order valence-corrected chi connectivity index (χ3v) is 6.85. The Morgan fingerprint density at radius 1 is 0.576 bits per heavy atom. The van der Waals surface area contributed by atoms with Crippen molar-refractivity contribution < 1.29 is 9.53 Å². The molecule has 0 aromatic rings. The lowest BCUT2D eigenvalue weighted by atomic mass is 9.95. The molecule has 0 saturated heterocycles. The number of carbonyl (C=O) groups is 1. The highest BCUT2D eigenvalue weighted by molar-refractivity contribution is 5.69. The minimum Gasteiger partial charge on any atom is -0.465 e. The van der Waals surface area contributed by atoms with E-state index in [1.54, 1.807) is 0 Å². The van der Waals surface area contributed by atoms with Crippen LogP contribution in [0.2, 0.25) is 0 Å². The first-order valence-electron chi connectivity index (χ1n) is 15.1. The van der Waals surface area contributed by atoms with E-state index in [9.17, 15) is 4.79 Å². The van der Waals surface area contributed by atoms with E-state index in [0.717, 1.165) is 19.4 Å². The van der Waals surface area contributed by atoms with Crippen LogP contribution in [0, 0.1) is 5.92 Å². The van der Waals surface area contributed by atoms with Gasteiger partial charge in [0.1, 0.15) is 0 Å². The molecule has 0 radical (unpaired) electrons. The summed E-state index contributed by atoms with van der Waals surface area (Å²) in [7, 11) is 0. The van der Waals surface area contributed by atoms with Gasteiger partial charge in [0.2, 0.25) is 0 Å².